The number of hydrogen-bond donors (Lipinski definition) is 2. The fraction of sp³-hybridized carbons (Fsp3) is 0.556. The Kier molecular flexibility index (Phi) is 8.64. The van der Waals surface area contributed by atoms with Crippen molar-refractivity contribution in [1.82, 2.24) is 15.5 Å². The second-order valence-electron chi connectivity index (χ2n) is 6.75. The van der Waals surface area contributed by atoms with Gasteiger partial charge < -0.3 is 20.3 Å². The summed E-state index contributed by atoms with van der Waals surface area (Å²) in [6, 6.07) is 7.59. The van der Waals surface area contributed by atoms with Crippen LogP contribution in [0.2, 0.25) is 0 Å². The Bertz CT molecular complexity index is 583. The van der Waals surface area contributed by atoms with Gasteiger partial charge in [0.1, 0.15) is 0 Å². The molecular weight excluding hydrogens is 431 g/mol. The number of aliphatic imine (C=N–C) groups is 1. The Morgan fingerprint density at radius 3 is 2.36 bits per heavy atom. The molecule has 2 rings (SSSR count). The lowest BCUT2D eigenvalue weighted by molar-refractivity contribution is -0.0971. The second kappa shape index (κ2) is 9.96. The molecule has 1 heterocycles. The first-order valence-corrected chi connectivity index (χ1v) is 8.34. The van der Waals surface area contributed by atoms with Gasteiger partial charge in [0.05, 0.1) is 19.8 Å². The van der Waals surface area contributed by atoms with E-state index in [2.05, 4.69) is 22.5 Å². The van der Waals surface area contributed by atoms with Gasteiger partial charge in [0, 0.05) is 38.2 Å². The molecule has 140 valence electrons. The maximum atomic E-state index is 11.9. The monoisotopic (exact) mass is 460 g/mol. The summed E-state index contributed by atoms with van der Waals surface area (Å²) in [5.74, 6) is 0.815. The van der Waals surface area contributed by atoms with Gasteiger partial charge in [0.2, 0.25) is 0 Å². The fourth-order valence-electron chi connectivity index (χ4n) is 2.37. The zero-order valence-electron chi connectivity index (χ0n) is 15.5. The van der Waals surface area contributed by atoms with Crippen LogP contribution in [0.25, 0.3) is 0 Å². The smallest absolute Gasteiger partial charge is 0.253 e. The molecule has 0 radical (unpaired) electrons. The van der Waals surface area contributed by atoms with Gasteiger partial charge in [0.25, 0.3) is 5.91 Å². The predicted octanol–water partition coefficient (Wildman–Crippen LogP) is 2.10. The van der Waals surface area contributed by atoms with Gasteiger partial charge in [-0.3, -0.25) is 4.79 Å². The van der Waals surface area contributed by atoms with Crippen LogP contribution in [0.4, 0.5) is 0 Å². The van der Waals surface area contributed by atoms with Crippen molar-refractivity contribution in [2.24, 2.45) is 10.4 Å². The molecule has 1 aliphatic heterocycles. The lowest BCUT2D eigenvalue weighted by atomic mass is 9.89. The number of ether oxygens (including phenoxy) is 1. The number of hydrogen-bond acceptors (Lipinski definition) is 3. The van der Waals surface area contributed by atoms with Crippen molar-refractivity contribution in [3.05, 3.63) is 35.4 Å². The molecule has 6 nitrogen and oxygen atoms in total. The molecule has 1 saturated heterocycles. The molecule has 7 heteroatoms. The van der Waals surface area contributed by atoms with Crippen molar-refractivity contribution in [3.63, 3.8) is 0 Å². The molecule has 2 N–H and O–H groups in total. The van der Waals surface area contributed by atoms with E-state index in [0.29, 0.717) is 12.1 Å². The lowest BCUT2D eigenvalue weighted by Crippen LogP contribution is -2.51. The van der Waals surface area contributed by atoms with E-state index < -0.39 is 0 Å². The van der Waals surface area contributed by atoms with E-state index in [0.717, 1.165) is 37.8 Å². The molecule has 1 aliphatic rings. The van der Waals surface area contributed by atoms with Crippen LogP contribution in [0.3, 0.4) is 0 Å². The normalized spacial score (nSPS) is 15.6. The molecule has 1 aromatic rings. The minimum absolute atomic E-state index is 0. The number of guanidine groups is 1. The summed E-state index contributed by atoms with van der Waals surface area (Å²) in [4.78, 5) is 18.1. The van der Waals surface area contributed by atoms with Gasteiger partial charge in [-0.1, -0.05) is 19.1 Å². The largest absolute Gasteiger partial charge is 0.380 e. The first-order chi connectivity index (χ1) is 11.4. The van der Waals surface area contributed by atoms with Crippen LogP contribution in [0, 0.1) is 5.41 Å². The van der Waals surface area contributed by atoms with Crippen LogP contribution in [0.5, 0.6) is 0 Å². The third-order valence-corrected chi connectivity index (χ3v) is 3.95. The third kappa shape index (κ3) is 6.47. The highest BCUT2D eigenvalue weighted by atomic mass is 127. The molecule has 0 saturated carbocycles. The van der Waals surface area contributed by atoms with Crippen LogP contribution in [0.15, 0.2) is 29.3 Å². The SMILES string of the molecule is CCNC(=NCc1ccc(C(=O)N(C)C)cc1)NCC1(C)COC1.I. The number of amides is 1. The van der Waals surface area contributed by atoms with Gasteiger partial charge in [-0.25, -0.2) is 4.99 Å². The van der Waals surface area contributed by atoms with Gasteiger partial charge in [-0.05, 0) is 24.6 Å². The molecule has 0 unspecified atom stereocenters. The van der Waals surface area contributed by atoms with E-state index in [1.807, 2.05) is 31.2 Å². The summed E-state index contributed by atoms with van der Waals surface area (Å²) >= 11 is 0. The van der Waals surface area contributed by atoms with Crippen LogP contribution >= 0.6 is 24.0 Å². The predicted molar refractivity (Wildman–Crippen MR) is 112 cm³/mol. The second-order valence-corrected chi connectivity index (χ2v) is 6.75. The van der Waals surface area contributed by atoms with Gasteiger partial charge in [0.15, 0.2) is 5.96 Å². The van der Waals surface area contributed by atoms with Gasteiger partial charge in [-0.2, -0.15) is 0 Å². The topological polar surface area (TPSA) is 66.0 Å². The number of halogens is 1. The molecule has 25 heavy (non-hydrogen) atoms. The Morgan fingerprint density at radius 2 is 1.88 bits per heavy atom. The number of carbonyl (C=O) groups excluding carboxylic acids is 1. The van der Waals surface area contributed by atoms with Crippen molar-refractivity contribution in [3.8, 4) is 0 Å². The zero-order valence-corrected chi connectivity index (χ0v) is 17.8. The molecule has 1 amide bonds. The molecular formula is C18H29IN4O2. The van der Waals surface area contributed by atoms with Crippen LogP contribution < -0.4 is 10.6 Å². The van der Waals surface area contributed by atoms with E-state index in [1.54, 1.807) is 19.0 Å². The first kappa shape index (κ1) is 21.7. The highest BCUT2D eigenvalue weighted by molar-refractivity contribution is 14.0. The lowest BCUT2D eigenvalue weighted by Gasteiger charge is -2.38. The highest BCUT2D eigenvalue weighted by Crippen LogP contribution is 2.24. The molecule has 0 bridgehead atoms. The maximum absolute atomic E-state index is 11.9. The van der Waals surface area contributed by atoms with Gasteiger partial charge >= 0.3 is 0 Å². The van der Waals surface area contributed by atoms with Crippen molar-refractivity contribution >= 4 is 35.8 Å². The molecule has 0 aromatic heterocycles. The maximum Gasteiger partial charge on any atom is 0.253 e. The quantitative estimate of drug-likeness (QED) is 0.388. The number of benzene rings is 1. The fourth-order valence-corrected chi connectivity index (χ4v) is 2.37. The molecule has 1 aromatic carbocycles. The minimum atomic E-state index is 0. The van der Waals surface area contributed by atoms with E-state index in [9.17, 15) is 4.79 Å². The Hall–Kier alpha value is -1.35. The number of nitrogens with one attached hydrogen (secondary N) is 2. The average Bonchev–Trinajstić information content (AvgIpc) is 2.55. The Labute approximate surface area is 167 Å². The summed E-state index contributed by atoms with van der Waals surface area (Å²) < 4.78 is 5.28. The summed E-state index contributed by atoms with van der Waals surface area (Å²) in [7, 11) is 3.51. The van der Waals surface area contributed by atoms with Crippen molar-refractivity contribution in [1.29, 1.82) is 0 Å². The molecule has 0 spiro atoms. The molecule has 1 fully saturated rings. The summed E-state index contributed by atoms with van der Waals surface area (Å²) in [5.41, 5.74) is 1.96. The van der Waals surface area contributed by atoms with Crippen LogP contribution in [-0.2, 0) is 11.3 Å². The molecule has 0 aliphatic carbocycles. The van der Waals surface area contributed by atoms with Crippen molar-refractivity contribution < 1.29 is 9.53 Å². The first-order valence-electron chi connectivity index (χ1n) is 8.34. The summed E-state index contributed by atoms with van der Waals surface area (Å²) in [5, 5.41) is 6.63. The van der Waals surface area contributed by atoms with E-state index in [-0.39, 0.29) is 35.3 Å². The van der Waals surface area contributed by atoms with Crippen LogP contribution in [-0.4, -0.2) is 57.2 Å². The van der Waals surface area contributed by atoms with Crippen LogP contribution in [0.1, 0.15) is 29.8 Å². The molecule has 0 atom stereocenters. The van der Waals surface area contributed by atoms with E-state index in [1.165, 1.54) is 0 Å². The van der Waals surface area contributed by atoms with E-state index >= 15 is 0 Å². The standard InChI is InChI=1S/C18H28N4O2.HI/c1-5-19-17(21-11-18(2)12-24-13-18)20-10-14-6-8-15(9-7-14)16(23)22(3)4;/h6-9H,5,10-13H2,1-4H3,(H2,19,20,21);1H. The number of carbonyl (C=O) groups is 1. The van der Waals surface area contributed by atoms with Gasteiger partial charge in [-0.15, -0.1) is 24.0 Å². The number of rotatable bonds is 6. The Morgan fingerprint density at radius 1 is 1.24 bits per heavy atom. The Balaban J connectivity index is 0.00000312. The zero-order chi connectivity index (χ0) is 17.6. The number of nitrogens with zero attached hydrogens (tertiary/aromatic N) is 2. The average molecular weight is 460 g/mol. The van der Waals surface area contributed by atoms with Crippen molar-refractivity contribution in [2.45, 2.75) is 20.4 Å². The van der Waals surface area contributed by atoms with E-state index in [4.69, 9.17) is 4.74 Å². The third-order valence-electron chi connectivity index (χ3n) is 3.95. The summed E-state index contributed by atoms with van der Waals surface area (Å²) in [6.45, 7) is 8.06. The van der Waals surface area contributed by atoms with Crippen molar-refractivity contribution in [2.75, 3.05) is 40.4 Å². The minimum Gasteiger partial charge on any atom is -0.380 e. The highest BCUT2D eigenvalue weighted by Gasteiger charge is 2.33. The summed E-state index contributed by atoms with van der Waals surface area (Å²) in [6.07, 6.45) is 0.